The number of pyridine rings is 3. The summed E-state index contributed by atoms with van der Waals surface area (Å²) in [7, 11) is -2.53. The van der Waals surface area contributed by atoms with Crippen LogP contribution < -0.4 is 10.8 Å². The van der Waals surface area contributed by atoms with Crippen LogP contribution in [0.2, 0.25) is 5.02 Å². The number of nitrogens with zero attached hydrogens (tertiary/aromatic N) is 3. The number of fused-ring (bicyclic) bond motifs is 1. The third kappa shape index (κ3) is 4.68. The second-order valence-corrected chi connectivity index (χ2v) is 12.0. The third-order valence-electron chi connectivity index (χ3n) is 5.63. The quantitative estimate of drug-likeness (QED) is 0.297. The van der Waals surface area contributed by atoms with Crippen LogP contribution in [0, 0.1) is 18.6 Å². The number of aromatic nitrogens is 3. The molecule has 34 heavy (non-hydrogen) atoms. The van der Waals surface area contributed by atoms with Crippen molar-refractivity contribution in [1.29, 1.82) is 0 Å². The van der Waals surface area contributed by atoms with Gasteiger partial charge in [0, 0.05) is 35.0 Å². The second kappa shape index (κ2) is 9.40. The van der Waals surface area contributed by atoms with E-state index in [9.17, 15) is 8.96 Å². The first-order valence-corrected chi connectivity index (χ1v) is 13.8. The fourth-order valence-corrected chi connectivity index (χ4v) is 4.77. The summed E-state index contributed by atoms with van der Waals surface area (Å²) in [6.07, 6.45) is 3.59. The predicted octanol–water partition coefficient (Wildman–Crippen LogP) is 6.74. The summed E-state index contributed by atoms with van der Waals surface area (Å²) in [6.45, 7) is 6.91. The molecule has 1 unspecified atom stereocenters. The number of aryl methyl sites for hydroxylation is 1. The van der Waals surface area contributed by atoms with Gasteiger partial charge in [-0.25, -0.2) is 8.78 Å². The highest BCUT2D eigenvalue weighted by Gasteiger charge is 2.21. The highest BCUT2D eigenvalue weighted by atomic mass is 35.5. The standard InChI is InChI=1S/C25H24ClF2N4OP/c1-5-20(25-18(27)7-6-10-29-25)32-24-17-11-16(15-8-9-22(30-13-15)34(3,4)33)19(28)12-21(17)31-14(2)23(24)26/h6-13,20H,5H2,1-4H3,(H,31,32). The maximum atomic E-state index is 15.1. The van der Waals surface area contributed by atoms with Crippen molar-refractivity contribution in [3.05, 3.63) is 76.8 Å². The molecule has 176 valence electrons. The van der Waals surface area contributed by atoms with Gasteiger partial charge in [-0.3, -0.25) is 15.0 Å². The molecule has 3 heterocycles. The average molecular weight is 501 g/mol. The lowest BCUT2D eigenvalue weighted by Gasteiger charge is -2.21. The number of rotatable bonds is 6. The minimum atomic E-state index is -2.53. The summed E-state index contributed by atoms with van der Waals surface area (Å²) in [5.74, 6) is -0.892. The van der Waals surface area contributed by atoms with Gasteiger partial charge in [0.15, 0.2) is 0 Å². The Kier molecular flexibility index (Phi) is 6.70. The normalized spacial score (nSPS) is 12.7. The summed E-state index contributed by atoms with van der Waals surface area (Å²) in [4.78, 5) is 12.9. The summed E-state index contributed by atoms with van der Waals surface area (Å²) >= 11 is 6.63. The van der Waals surface area contributed by atoms with Crippen molar-refractivity contribution in [2.75, 3.05) is 18.6 Å². The van der Waals surface area contributed by atoms with Gasteiger partial charge in [-0.2, -0.15) is 0 Å². The van der Waals surface area contributed by atoms with E-state index in [2.05, 4.69) is 20.3 Å². The van der Waals surface area contributed by atoms with Crippen molar-refractivity contribution < 1.29 is 13.3 Å². The van der Waals surface area contributed by atoms with Crippen LogP contribution in [-0.4, -0.2) is 28.3 Å². The zero-order valence-corrected chi connectivity index (χ0v) is 20.9. The Morgan fingerprint density at radius 1 is 1.12 bits per heavy atom. The molecule has 5 nitrogen and oxygen atoms in total. The van der Waals surface area contributed by atoms with Gasteiger partial charge in [0.25, 0.3) is 0 Å². The van der Waals surface area contributed by atoms with Gasteiger partial charge >= 0.3 is 0 Å². The highest BCUT2D eigenvalue weighted by Crippen LogP contribution is 2.39. The first kappa shape index (κ1) is 24.2. The molecule has 1 N–H and O–H groups in total. The lowest BCUT2D eigenvalue weighted by Crippen LogP contribution is -2.14. The maximum absolute atomic E-state index is 15.1. The number of nitrogens with one attached hydrogen (secondary N) is 1. The summed E-state index contributed by atoms with van der Waals surface area (Å²) in [5, 5.41) is 4.27. The topological polar surface area (TPSA) is 67.8 Å². The zero-order valence-electron chi connectivity index (χ0n) is 19.2. The van der Waals surface area contributed by atoms with E-state index in [1.54, 1.807) is 38.5 Å². The SMILES string of the molecule is CCC(Nc1c(Cl)c(C)nc2cc(F)c(-c3ccc(P(C)(C)=O)nc3)cc12)c1ncccc1F. The first-order valence-electron chi connectivity index (χ1n) is 10.8. The van der Waals surface area contributed by atoms with Crippen molar-refractivity contribution >= 4 is 40.8 Å². The van der Waals surface area contributed by atoms with Crippen LogP contribution in [0.3, 0.4) is 0 Å². The molecule has 0 aliphatic carbocycles. The Morgan fingerprint density at radius 2 is 1.88 bits per heavy atom. The number of anilines is 1. The van der Waals surface area contributed by atoms with Crippen LogP contribution >= 0.6 is 18.7 Å². The van der Waals surface area contributed by atoms with E-state index in [1.165, 1.54) is 30.6 Å². The molecule has 0 spiro atoms. The molecule has 0 saturated carbocycles. The number of benzene rings is 1. The minimum Gasteiger partial charge on any atom is -0.375 e. The molecule has 1 aromatic carbocycles. The molecule has 4 aromatic rings. The molecule has 3 aromatic heterocycles. The molecular formula is C25H24ClF2N4OP. The van der Waals surface area contributed by atoms with E-state index in [1.807, 2.05) is 6.92 Å². The fraction of sp³-hybridized carbons (Fsp3) is 0.240. The van der Waals surface area contributed by atoms with Crippen molar-refractivity contribution in [2.45, 2.75) is 26.3 Å². The molecule has 1 atom stereocenters. The molecule has 0 radical (unpaired) electrons. The number of hydrogen-bond acceptors (Lipinski definition) is 5. The van der Waals surface area contributed by atoms with Gasteiger partial charge < -0.3 is 9.88 Å². The molecule has 4 rings (SSSR count). The van der Waals surface area contributed by atoms with Crippen molar-refractivity contribution in [3.8, 4) is 11.1 Å². The van der Waals surface area contributed by atoms with Gasteiger partial charge in [0.05, 0.1) is 39.1 Å². The van der Waals surface area contributed by atoms with Crippen LogP contribution in [0.4, 0.5) is 14.5 Å². The Labute approximate surface area is 202 Å². The van der Waals surface area contributed by atoms with E-state index in [0.717, 1.165) is 0 Å². The fourth-order valence-electron chi connectivity index (χ4n) is 3.80. The Hall–Kier alpha value is -2.89. The zero-order chi connectivity index (χ0) is 24.6. The maximum Gasteiger partial charge on any atom is 0.146 e. The smallest absolute Gasteiger partial charge is 0.146 e. The molecule has 0 fully saturated rings. The average Bonchev–Trinajstić information content (AvgIpc) is 2.80. The Balaban J connectivity index is 1.86. The van der Waals surface area contributed by atoms with Gasteiger partial charge in [-0.05, 0) is 50.9 Å². The van der Waals surface area contributed by atoms with Crippen LogP contribution in [-0.2, 0) is 4.57 Å². The van der Waals surface area contributed by atoms with Gasteiger partial charge in [0.1, 0.15) is 18.8 Å². The third-order valence-corrected chi connectivity index (χ3v) is 7.46. The van der Waals surface area contributed by atoms with Gasteiger partial charge in [-0.1, -0.05) is 24.6 Å². The van der Waals surface area contributed by atoms with Crippen molar-refractivity contribution in [3.63, 3.8) is 0 Å². The molecule has 9 heteroatoms. The van der Waals surface area contributed by atoms with Gasteiger partial charge in [0.2, 0.25) is 0 Å². The molecular weight excluding hydrogens is 477 g/mol. The summed E-state index contributed by atoms with van der Waals surface area (Å²) < 4.78 is 41.9. The molecule has 0 saturated heterocycles. The Bertz CT molecular complexity index is 1420. The lowest BCUT2D eigenvalue weighted by atomic mass is 10.0. The molecule has 0 aliphatic rings. The highest BCUT2D eigenvalue weighted by molar-refractivity contribution is 7.69. The largest absolute Gasteiger partial charge is 0.375 e. The summed E-state index contributed by atoms with van der Waals surface area (Å²) in [6, 6.07) is 8.79. The predicted molar refractivity (Wildman–Crippen MR) is 135 cm³/mol. The number of halogens is 3. The van der Waals surface area contributed by atoms with E-state index in [0.29, 0.717) is 50.3 Å². The van der Waals surface area contributed by atoms with E-state index >= 15 is 4.39 Å². The van der Waals surface area contributed by atoms with Crippen LogP contribution in [0.5, 0.6) is 0 Å². The lowest BCUT2D eigenvalue weighted by molar-refractivity contribution is 0.572. The number of hydrogen-bond donors (Lipinski definition) is 1. The van der Waals surface area contributed by atoms with Crippen molar-refractivity contribution in [1.82, 2.24) is 15.0 Å². The summed E-state index contributed by atoms with van der Waals surface area (Å²) in [5.41, 5.74) is 3.04. The van der Waals surface area contributed by atoms with E-state index in [-0.39, 0.29) is 5.69 Å². The molecule has 0 bridgehead atoms. The van der Waals surface area contributed by atoms with Gasteiger partial charge in [-0.15, -0.1) is 0 Å². The Morgan fingerprint density at radius 3 is 2.50 bits per heavy atom. The van der Waals surface area contributed by atoms with Crippen molar-refractivity contribution in [2.24, 2.45) is 0 Å². The minimum absolute atomic E-state index is 0.273. The van der Waals surface area contributed by atoms with E-state index in [4.69, 9.17) is 11.6 Å². The van der Waals surface area contributed by atoms with Crippen LogP contribution in [0.25, 0.3) is 22.0 Å². The van der Waals surface area contributed by atoms with Crippen LogP contribution in [0.1, 0.15) is 30.8 Å². The second-order valence-electron chi connectivity index (χ2n) is 8.47. The molecule has 0 amide bonds. The monoisotopic (exact) mass is 500 g/mol. The first-order chi connectivity index (χ1) is 16.1. The molecule has 0 aliphatic heterocycles. The van der Waals surface area contributed by atoms with Crippen LogP contribution in [0.15, 0.2) is 48.8 Å². The van der Waals surface area contributed by atoms with E-state index < -0.39 is 24.8 Å².